The van der Waals surface area contributed by atoms with E-state index in [-0.39, 0.29) is 24.4 Å². The molecular weight excluding hydrogens is 382 g/mol. The molecule has 0 saturated carbocycles. The lowest BCUT2D eigenvalue weighted by Crippen LogP contribution is -2.38. The zero-order chi connectivity index (χ0) is 21.4. The lowest BCUT2D eigenvalue weighted by Gasteiger charge is -2.16. The molecule has 1 N–H and O–H groups in total. The molecule has 0 atom stereocenters. The van der Waals surface area contributed by atoms with E-state index in [0.29, 0.717) is 22.3 Å². The first-order chi connectivity index (χ1) is 14.3. The second-order valence-electron chi connectivity index (χ2n) is 8.07. The summed E-state index contributed by atoms with van der Waals surface area (Å²) in [5, 5.41) is 7.88. The van der Waals surface area contributed by atoms with Gasteiger partial charge in [-0.3, -0.25) is 9.59 Å². The van der Waals surface area contributed by atoms with Gasteiger partial charge in [-0.25, -0.2) is 9.67 Å². The van der Waals surface area contributed by atoms with Crippen molar-refractivity contribution in [2.45, 2.75) is 46.6 Å². The Bertz CT molecular complexity index is 1110. The Morgan fingerprint density at radius 3 is 2.57 bits per heavy atom. The monoisotopic (exact) mass is 409 g/mol. The van der Waals surface area contributed by atoms with Crippen molar-refractivity contribution in [3.8, 4) is 11.3 Å². The summed E-state index contributed by atoms with van der Waals surface area (Å²) in [5.41, 5.74) is 2.58. The quantitative estimate of drug-likeness (QED) is 0.698. The van der Waals surface area contributed by atoms with E-state index in [1.54, 1.807) is 21.8 Å². The average molecular weight is 409 g/mol. The van der Waals surface area contributed by atoms with Gasteiger partial charge >= 0.3 is 0 Å². The van der Waals surface area contributed by atoms with Gasteiger partial charge in [0.1, 0.15) is 11.5 Å². The summed E-state index contributed by atoms with van der Waals surface area (Å²) < 4.78 is 7.46. The van der Waals surface area contributed by atoms with E-state index in [9.17, 15) is 9.59 Å². The number of aromatic nitrogens is 3. The van der Waals surface area contributed by atoms with Crippen molar-refractivity contribution < 1.29 is 14.0 Å². The van der Waals surface area contributed by atoms with Crippen molar-refractivity contribution in [1.29, 1.82) is 0 Å². The van der Waals surface area contributed by atoms with Crippen LogP contribution < -0.4 is 5.32 Å². The fourth-order valence-electron chi connectivity index (χ4n) is 3.94. The second-order valence-corrected chi connectivity index (χ2v) is 8.07. The molecule has 0 spiro atoms. The summed E-state index contributed by atoms with van der Waals surface area (Å²) in [6, 6.07) is 3.75. The number of carbonyl (C=O) groups is 2. The first kappa shape index (κ1) is 20.1. The van der Waals surface area contributed by atoms with Crippen molar-refractivity contribution in [3.05, 3.63) is 35.4 Å². The van der Waals surface area contributed by atoms with Gasteiger partial charge in [-0.05, 0) is 52.7 Å². The Morgan fingerprint density at radius 1 is 1.20 bits per heavy atom. The largest absolute Gasteiger partial charge is 0.466 e. The maximum absolute atomic E-state index is 13.1. The van der Waals surface area contributed by atoms with Crippen LogP contribution in [0.1, 0.15) is 54.6 Å². The number of rotatable bonds is 5. The minimum atomic E-state index is -0.308. The van der Waals surface area contributed by atoms with Crippen molar-refractivity contribution in [2.75, 3.05) is 19.6 Å². The van der Waals surface area contributed by atoms with Crippen LogP contribution in [0.15, 0.2) is 22.7 Å². The maximum atomic E-state index is 13.1. The third kappa shape index (κ3) is 3.69. The number of amides is 2. The normalized spacial score (nSPS) is 14.1. The molecule has 3 aromatic rings. The summed E-state index contributed by atoms with van der Waals surface area (Å²) in [7, 11) is 0. The van der Waals surface area contributed by atoms with Gasteiger partial charge in [-0.1, -0.05) is 0 Å². The Balaban J connectivity index is 1.71. The lowest BCUT2D eigenvalue weighted by molar-refractivity contribution is -0.129. The SMILES string of the molecule is Cc1cc(-c2cc(C(=O)NCC(=O)N3CCCC3)c3cnn(C(C)C)c3n2)c(C)o1. The molecule has 1 aliphatic rings. The predicted molar refractivity (Wildman–Crippen MR) is 113 cm³/mol. The van der Waals surface area contributed by atoms with Crippen LogP contribution >= 0.6 is 0 Å². The summed E-state index contributed by atoms with van der Waals surface area (Å²) in [6.07, 6.45) is 3.70. The molecule has 0 aromatic carbocycles. The van der Waals surface area contributed by atoms with Gasteiger partial charge in [-0.2, -0.15) is 5.10 Å². The third-order valence-electron chi connectivity index (χ3n) is 5.48. The molecule has 158 valence electrons. The third-order valence-corrected chi connectivity index (χ3v) is 5.48. The van der Waals surface area contributed by atoms with Gasteiger partial charge in [-0.15, -0.1) is 0 Å². The van der Waals surface area contributed by atoms with E-state index in [1.165, 1.54) is 0 Å². The van der Waals surface area contributed by atoms with Crippen LogP contribution in [-0.2, 0) is 4.79 Å². The van der Waals surface area contributed by atoms with Gasteiger partial charge in [0, 0.05) is 24.7 Å². The molecule has 0 aliphatic carbocycles. The van der Waals surface area contributed by atoms with Crippen LogP contribution in [0, 0.1) is 13.8 Å². The molecule has 1 saturated heterocycles. The van der Waals surface area contributed by atoms with Crippen LogP contribution in [-0.4, -0.2) is 51.1 Å². The molecule has 30 heavy (non-hydrogen) atoms. The van der Waals surface area contributed by atoms with Crippen molar-refractivity contribution in [2.24, 2.45) is 0 Å². The molecule has 1 fully saturated rings. The van der Waals surface area contributed by atoms with Gasteiger partial charge in [0.25, 0.3) is 5.91 Å². The number of nitrogens with zero attached hydrogens (tertiary/aromatic N) is 4. The molecule has 0 bridgehead atoms. The van der Waals surface area contributed by atoms with E-state index in [0.717, 1.165) is 43.0 Å². The molecule has 3 aromatic heterocycles. The lowest BCUT2D eigenvalue weighted by atomic mass is 10.1. The Hall–Kier alpha value is -3.16. The first-order valence-corrected chi connectivity index (χ1v) is 10.4. The molecular formula is C22H27N5O3. The topological polar surface area (TPSA) is 93.3 Å². The number of nitrogens with one attached hydrogen (secondary N) is 1. The predicted octanol–water partition coefficient (Wildman–Crippen LogP) is 3.24. The molecule has 0 radical (unpaired) electrons. The number of hydrogen-bond acceptors (Lipinski definition) is 5. The standard InChI is InChI=1S/C22H27N5O3/c1-13(2)27-21-18(11-24-27)17(10-19(25-21)16-9-14(3)30-15(16)4)22(29)23-12-20(28)26-7-5-6-8-26/h9-11,13H,5-8,12H2,1-4H3,(H,23,29). The fourth-order valence-corrected chi connectivity index (χ4v) is 3.94. The number of aryl methyl sites for hydroxylation is 2. The van der Waals surface area contributed by atoms with Crippen LogP contribution in [0.2, 0.25) is 0 Å². The Kier molecular flexibility index (Phi) is 5.32. The van der Waals surface area contributed by atoms with Crippen LogP contribution in [0.4, 0.5) is 0 Å². The summed E-state index contributed by atoms with van der Waals surface area (Å²) in [6.45, 7) is 9.30. The maximum Gasteiger partial charge on any atom is 0.252 e. The van der Waals surface area contributed by atoms with Crippen LogP contribution in [0.5, 0.6) is 0 Å². The highest BCUT2D eigenvalue weighted by Gasteiger charge is 2.22. The van der Waals surface area contributed by atoms with E-state index >= 15 is 0 Å². The average Bonchev–Trinajstić information content (AvgIpc) is 3.44. The Labute approximate surface area is 175 Å². The highest BCUT2D eigenvalue weighted by Crippen LogP contribution is 2.30. The minimum Gasteiger partial charge on any atom is -0.466 e. The summed E-state index contributed by atoms with van der Waals surface area (Å²) >= 11 is 0. The zero-order valence-corrected chi connectivity index (χ0v) is 17.9. The van der Waals surface area contributed by atoms with Crippen molar-refractivity contribution in [3.63, 3.8) is 0 Å². The van der Waals surface area contributed by atoms with Crippen molar-refractivity contribution >= 4 is 22.8 Å². The van der Waals surface area contributed by atoms with E-state index in [4.69, 9.17) is 9.40 Å². The number of fused-ring (bicyclic) bond motifs is 1. The van der Waals surface area contributed by atoms with E-state index in [2.05, 4.69) is 10.4 Å². The summed E-state index contributed by atoms with van der Waals surface area (Å²) in [4.78, 5) is 32.0. The van der Waals surface area contributed by atoms with Gasteiger partial charge < -0.3 is 14.6 Å². The molecule has 4 heterocycles. The minimum absolute atomic E-state index is 0.0137. The molecule has 8 nitrogen and oxygen atoms in total. The summed E-state index contributed by atoms with van der Waals surface area (Å²) in [5.74, 6) is 1.16. The molecule has 4 rings (SSSR count). The highest BCUT2D eigenvalue weighted by atomic mass is 16.3. The zero-order valence-electron chi connectivity index (χ0n) is 17.9. The van der Waals surface area contributed by atoms with Crippen LogP contribution in [0.3, 0.4) is 0 Å². The number of carbonyl (C=O) groups excluding carboxylic acids is 2. The molecule has 8 heteroatoms. The van der Waals surface area contributed by atoms with E-state index in [1.807, 2.05) is 33.8 Å². The molecule has 1 aliphatic heterocycles. The number of likely N-dealkylation sites (tertiary alicyclic amines) is 1. The first-order valence-electron chi connectivity index (χ1n) is 10.4. The van der Waals surface area contributed by atoms with E-state index < -0.39 is 0 Å². The Morgan fingerprint density at radius 2 is 1.93 bits per heavy atom. The number of hydrogen-bond donors (Lipinski definition) is 1. The number of pyridine rings is 1. The second kappa shape index (κ2) is 7.93. The molecule has 0 unspecified atom stereocenters. The van der Waals surface area contributed by atoms with Gasteiger partial charge in [0.2, 0.25) is 5.91 Å². The van der Waals surface area contributed by atoms with Crippen LogP contribution in [0.25, 0.3) is 22.3 Å². The van der Waals surface area contributed by atoms with Gasteiger partial charge in [0.15, 0.2) is 5.65 Å². The van der Waals surface area contributed by atoms with Crippen molar-refractivity contribution in [1.82, 2.24) is 25.0 Å². The van der Waals surface area contributed by atoms with Gasteiger partial charge in [0.05, 0.1) is 29.4 Å². The fraction of sp³-hybridized carbons (Fsp3) is 0.455. The molecule has 2 amide bonds. The number of furan rings is 1. The highest BCUT2D eigenvalue weighted by molar-refractivity contribution is 6.07. The smallest absolute Gasteiger partial charge is 0.252 e.